The maximum atomic E-state index is 13.0. The first-order valence-electron chi connectivity index (χ1n) is 9.79. The summed E-state index contributed by atoms with van der Waals surface area (Å²) in [6.07, 6.45) is 1.76. The molecule has 2 rings (SSSR count). The maximum absolute atomic E-state index is 13.0. The summed E-state index contributed by atoms with van der Waals surface area (Å²) in [4.78, 5) is 27.4. The average molecular weight is 401 g/mol. The van der Waals surface area contributed by atoms with Crippen LogP contribution in [0, 0.1) is 0 Å². The molecular formula is C23H29ClN2O2. The molecule has 0 unspecified atom stereocenters. The van der Waals surface area contributed by atoms with Crippen LogP contribution in [0.5, 0.6) is 0 Å². The Labute approximate surface area is 172 Å². The minimum atomic E-state index is -0.538. The zero-order valence-corrected chi connectivity index (χ0v) is 17.6. The largest absolute Gasteiger partial charge is 0.352 e. The molecule has 0 radical (unpaired) electrons. The number of carbonyl (C=O) groups excluding carboxylic acids is 2. The van der Waals surface area contributed by atoms with Crippen molar-refractivity contribution in [3.05, 3.63) is 70.7 Å². The number of carbonyl (C=O) groups is 2. The first-order valence-corrected chi connectivity index (χ1v) is 10.2. The van der Waals surface area contributed by atoms with Crippen molar-refractivity contribution in [3.8, 4) is 0 Å². The third kappa shape index (κ3) is 6.68. The van der Waals surface area contributed by atoms with E-state index in [-0.39, 0.29) is 24.3 Å². The Morgan fingerprint density at radius 1 is 1.04 bits per heavy atom. The van der Waals surface area contributed by atoms with Gasteiger partial charge in [-0.25, -0.2) is 0 Å². The molecule has 0 bridgehead atoms. The molecule has 4 nitrogen and oxygen atoms in total. The second-order valence-electron chi connectivity index (χ2n) is 7.12. The molecule has 2 aromatic carbocycles. The highest BCUT2D eigenvalue weighted by Crippen LogP contribution is 2.14. The van der Waals surface area contributed by atoms with Crippen LogP contribution in [-0.2, 0) is 22.4 Å². The van der Waals surface area contributed by atoms with E-state index in [0.717, 1.165) is 17.5 Å². The van der Waals surface area contributed by atoms with Crippen molar-refractivity contribution in [2.45, 2.75) is 52.1 Å². The summed E-state index contributed by atoms with van der Waals surface area (Å²) < 4.78 is 0. The molecule has 28 heavy (non-hydrogen) atoms. The number of nitrogens with zero attached hydrogens (tertiary/aromatic N) is 1. The van der Waals surface area contributed by atoms with Crippen molar-refractivity contribution in [2.75, 3.05) is 6.54 Å². The lowest BCUT2D eigenvalue weighted by Crippen LogP contribution is -2.50. The number of hydrogen-bond acceptors (Lipinski definition) is 2. The quantitative estimate of drug-likeness (QED) is 0.683. The van der Waals surface area contributed by atoms with Crippen molar-refractivity contribution >= 4 is 23.4 Å². The van der Waals surface area contributed by atoms with E-state index >= 15 is 0 Å². The van der Waals surface area contributed by atoms with Crippen LogP contribution in [0.25, 0.3) is 0 Å². The predicted octanol–water partition coefficient (Wildman–Crippen LogP) is 4.26. The van der Waals surface area contributed by atoms with Crippen LogP contribution in [0.3, 0.4) is 0 Å². The van der Waals surface area contributed by atoms with Crippen LogP contribution >= 0.6 is 11.6 Å². The number of rotatable bonds is 9. The summed E-state index contributed by atoms with van der Waals surface area (Å²) in [5, 5.41) is 3.58. The first kappa shape index (κ1) is 22.0. The third-order valence-electron chi connectivity index (χ3n) is 4.90. The molecule has 0 fully saturated rings. The van der Waals surface area contributed by atoms with Gasteiger partial charge >= 0.3 is 0 Å². The number of nitrogens with one attached hydrogen (secondary N) is 1. The van der Waals surface area contributed by atoms with Gasteiger partial charge in [-0.15, -0.1) is 0 Å². The molecule has 0 saturated carbocycles. The molecule has 0 aliphatic carbocycles. The minimum absolute atomic E-state index is 0.0777. The van der Waals surface area contributed by atoms with E-state index in [1.165, 1.54) is 0 Å². The second kappa shape index (κ2) is 10.9. The van der Waals surface area contributed by atoms with Crippen LogP contribution in [0.2, 0.25) is 5.02 Å². The normalized spacial score (nSPS) is 12.9. The fourth-order valence-corrected chi connectivity index (χ4v) is 3.17. The first-order chi connectivity index (χ1) is 13.4. The third-order valence-corrected chi connectivity index (χ3v) is 5.13. The van der Waals surface area contributed by atoms with Crippen LogP contribution < -0.4 is 5.32 Å². The number of halogens is 1. The molecule has 150 valence electrons. The van der Waals surface area contributed by atoms with Crippen molar-refractivity contribution < 1.29 is 9.59 Å². The van der Waals surface area contributed by atoms with E-state index in [1.807, 2.05) is 56.3 Å². The van der Waals surface area contributed by atoms with Crippen LogP contribution in [-0.4, -0.2) is 35.3 Å². The van der Waals surface area contributed by atoms with Crippen molar-refractivity contribution in [2.24, 2.45) is 0 Å². The highest BCUT2D eigenvalue weighted by molar-refractivity contribution is 6.30. The molecule has 0 aliphatic heterocycles. The smallest absolute Gasteiger partial charge is 0.242 e. The zero-order valence-electron chi connectivity index (χ0n) is 16.8. The zero-order chi connectivity index (χ0) is 20.5. The Morgan fingerprint density at radius 2 is 1.71 bits per heavy atom. The fraction of sp³-hybridized carbons (Fsp3) is 0.391. The number of benzene rings is 2. The number of hydrogen-bond donors (Lipinski definition) is 1. The molecule has 0 spiro atoms. The van der Waals surface area contributed by atoms with E-state index in [0.29, 0.717) is 18.0 Å². The lowest BCUT2D eigenvalue weighted by atomic mass is 10.1. The molecule has 0 aliphatic rings. The highest BCUT2D eigenvalue weighted by Gasteiger charge is 2.26. The summed E-state index contributed by atoms with van der Waals surface area (Å²) >= 11 is 6.05. The van der Waals surface area contributed by atoms with E-state index in [2.05, 4.69) is 5.32 Å². The lowest BCUT2D eigenvalue weighted by molar-refractivity contribution is -0.139. The summed E-state index contributed by atoms with van der Waals surface area (Å²) in [5.74, 6) is -0.202. The standard InChI is InChI=1S/C23H29ClN2O2/c1-4-17(2)25-23(28)18(3)26(14-13-19-9-6-5-7-10-19)22(27)16-20-11-8-12-21(24)15-20/h5-12,15,17-18H,4,13-14,16H2,1-3H3,(H,25,28)/t17-,18+/m1/s1. The molecule has 1 N–H and O–H groups in total. The van der Waals surface area contributed by atoms with Gasteiger partial charge in [-0.1, -0.05) is 61.0 Å². The summed E-state index contributed by atoms with van der Waals surface area (Å²) in [6, 6.07) is 16.8. The molecule has 0 saturated heterocycles. The molecule has 2 amide bonds. The molecule has 0 heterocycles. The SMILES string of the molecule is CC[C@@H](C)NC(=O)[C@H](C)N(CCc1ccccc1)C(=O)Cc1cccc(Cl)c1. The van der Waals surface area contributed by atoms with Crippen molar-refractivity contribution in [1.29, 1.82) is 0 Å². The van der Waals surface area contributed by atoms with Gasteiger partial charge in [-0.05, 0) is 49.9 Å². The Morgan fingerprint density at radius 3 is 2.36 bits per heavy atom. The van der Waals surface area contributed by atoms with Crippen LogP contribution in [0.4, 0.5) is 0 Å². The molecule has 2 atom stereocenters. The van der Waals surface area contributed by atoms with E-state index in [1.54, 1.807) is 24.0 Å². The molecular weight excluding hydrogens is 372 g/mol. The molecule has 5 heteroatoms. The fourth-order valence-electron chi connectivity index (χ4n) is 2.96. The maximum Gasteiger partial charge on any atom is 0.242 e. The number of amides is 2. The van der Waals surface area contributed by atoms with E-state index in [4.69, 9.17) is 11.6 Å². The van der Waals surface area contributed by atoms with Gasteiger partial charge in [0.05, 0.1) is 6.42 Å². The van der Waals surface area contributed by atoms with Gasteiger partial charge in [-0.3, -0.25) is 9.59 Å². The summed E-state index contributed by atoms with van der Waals surface area (Å²) in [5.41, 5.74) is 1.98. The summed E-state index contributed by atoms with van der Waals surface area (Å²) in [7, 11) is 0. The van der Waals surface area contributed by atoms with Gasteiger partial charge in [0.1, 0.15) is 6.04 Å². The van der Waals surface area contributed by atoms with Gasteiger partial charge < -0.3 is 10.2 Å². The van der Waals surface area contributed by atoms with Gasteiger partial charge in [-0.2, -0.15) is 0 Å². The van der Waals surface area contributed by atoms with E-state index < -0.39 is 6.04 Å². The van der Waals surface area contributed by atoms with Gasteiger partial charge in [0, 0.05) is 17.6 Å². The molecule has 2 aromatic rings. The van der Waals surface area contributed by atoms with Crippen LogP contribution in [0.1, 0.15) is 38.3 Å². The second-order valence-corrected chi connectivity index (χ2v) is 7.56. The van der Waals surface area contributed by atoms with Gasteiger partial charge in [0.2, 0.25) is 11.8 Å². The lowest BCUT2D eigenvalue weighted by Gasteiger charge is -2.29. The highest BCUT2D eigenvalue weighted by atomic mass is 35.5. The monoisotopic (exact) mass is 400 g/mol. The topological polar surface area (TPSA) is 49.4 Å². The predicted molar refractivity (Wildman–Crippen MR) is 114 cm³/mol. The summed E-state index contributed by atoms with van der Waals surface area (Å²) in [6.45, 7) is 6.26. The Kier molecular flexibility index (Phi) is 8.52. The van der Waals surface area contributed by atoms with Gasteiger partial charge in [0.15, 0.2) is 0 Å². The van der Waals surface area contributed by atoms with Gasteiger partial charge in [0.25, 0.3) is 0 Å². The van der Waals surface area contributed by atoms with Crippen molar-refractivity contribution in [1.82, 2.24) is 10.2 Å². The Balaban J connectivity index is 2.13. The van der Waals surface area contributed by atoms with Crippen molar-refractivity contribution in [3.63, 3.8) is 0 Å². The van der Waals surface area contributed by atoms with Crippen LogP contribution in [0.15, 0.2) is 54.6 Å². The van der Waals surface area contributed by atoms with E-state index in [9.17, 15) is 9.59 Å². The molecule has 0 aromatic heterocycles. The average Bonchev–Trinajstić information content (AvgIpc) is 2.68. The Hall–Kier alpha value is -2.33. The Bertz CT molecular complexity index is 779. The minimum Gasteiger partial charge on any atom is -0.352 e.